The zero-order chi connectivity index (χ0) is 21.6. The van der Waals surface area contributed by atoms with Crippen molar-refractivity contribution in [2.75, 3.05) is 5.32 Å². The highest BCUT2D eigenvalue weighted by molar-refractivity contribution is 7.98. The van der Waals surface area contributed by atoms with Gasteiger partial charge in [-0.25, -0.2) is 4.98 Å². The highest BCUT2D eigenvalue weighted by Gasteiger charge is 2.12. The van der Waals surface area contributed by atoms with Gasteiger partial charge in [-0.05, 0) is 41.8 Å². The number of aryl methyl sites for hydroxylation is 1. The van der Waals surface area contributed by atoms with Crippen LogP contribution in [0.2, 0.25) is 0 Å². The van der Waals surface area contributed by atoms with E-state index in [1.54, 1.807) is 0 Å². The summed E-state index contributed by atoms with van der Waals surface area (Å²) < 4.78 is 0. The molecule has 5 nitrogen and oxygen atoms in total. The molecular formula is C25H23N3O2S. The molecule has 0 radical (unpaired) electrons. The van der Waals surface area contributed by atoms with Gasteiger partial charge in [-0.15, -0.1) is 0 Å². The third kappa shape index (κ3) is 5.41. The average molecular weight is 430 g/mol. The molecular weight excluding hydrogens is 406 g/mol. The van der Waals surface area contributed by atoms with Crippen LogP contribution >= 0.6 is 11.8 Å². The molecule has 1 aromatic heterocycles. The third-order valence-electron chi connectivity index (χ3n) is 5.05. The van der Waals surface area contributed by atoms with E-state index in [2.05, 4.69) is 15.3 Å². The number of rotatable bonds is 7. The number of aromatic nitrogens is 2. The van der Waals surface area contributed by atoms with Crippen molar-refractivity contribution in [1.29, 1.82) is 0 Å². The van der Waals surface area contributed by atoms with Crippen LogP contribution in [-0.4, -0.2) is 15.9 Å². The molecule has 4 aromatic rings. The van der Waals surface area contributed by atoms with Crippen molar-refractivity contribution in [2.24, 2.45) is 0 Å². The van der Waals surface area contributed by atoms with Crippen LogP contribution in [0, 0.1) is 6.92 Å². The van der Waals surface area contributed by atoms with Gasteiger partial charge < -0.3 is 10.3 Å². The van der Waals surface area contributed by atoms with Crippen molar-refractivity contribution in [3.8, 4) is 0 Å². The maximum atomic E-state index is 12.5. The lowest BCUT2D eigenvalue weighted by Crippen LogP contribution is -2.20. The van der Waals surface area contributed by atoms with Crippen LogP contribution in [0.1, 0.15) is 23.2 Å². The molecule has 0 atom stereocenters. The molecule has 0 unspecified atom stereocenters. The van der Waals surface area contributed by atoms with Gasteiger partial charge in [0.1, 0.15) is 0 Å². The van der Waals surface area contributed by atoms with Crippen LogP contribution < -0.4 is 10.9 Å². The number of hydrogen-bond acceptors (Lipinski definition) is 4. The highest BCUT2D eigenvalue weighted by Crippen LogP contribution is 2.20. The normalized spacial score (nSPS) is 10.9. The third-order valence-corrected chi connectivity index (χ3v) is 6.00. The molecule has 0 aliphatic heterocycles. The molecule has 156 valence electrons. The molecule has 2 N–H and O–H groups in total. The van der Waals surface area contributed by atoms with Crippen molar-refractivity contribution < 1.29 is 4.79 Å². The second-order valence-electron chi connectivity index (χ2n) is 7.32. The Labute approximate surface area is 184 Å². The summed E-state index contributed by atoms with van der Waals surface area (Å²) in [5.74, 6) is 0.605. The van der Waals surface area contributed by atoms with Crippen molar-refractivity contribution in [1.82, 2.24) is 9.97 Å². The molecule has 4 rings (SSSR count). The Balaban J connectivity index is 1.37. The maximum Gasteiger partial charge on any atom is 0.254 e. The molecule has 0 aliphatic carbocycles. The Hall–Kier alpha value is -3.38. The zero-order valence-electron chi connectivity index (χ0n) is 17.2. The van der Waals surface area contributed by atoms with E-state index in [0.717, 1.165) is 22.2 Å². The monoisotopic (exact) mass is 429 g/mol. The van der Waals surface area contributed by atoms with Gasteiger partial charge in [-0.1, -0.05) is 72.4 Å². The van der Waals surface area contributed by atoms with Crippen molar-refractivity contribution in [3.63, 3.8) is 0 Å². The number of anilines is 1. The quantitative estimate of drug-likeness (QED) is 0.317. The summed E-state index contributed by atoms with van der Waals surface area (Å²) in [4.78, 5) is 32.3. The predicted octanol–water partition coefficient (Wildman–Crippen LogP) is 5.10. The first-order valence-electron chi connectivity index (χ1n) is 10.1. The standard InChI is InChI=1S/C25H23N3O2S/c1-17-22(24(30)28-25(26-17)31-16-18-7-3-2-4-8-18)13-14-23(29)27-21-12-11-19-9-5-6-10-20(19)15-21/h2-12,15H,13-14,16H2,1H3,(H,27,29)(H,26,28,30). The first-order valence-corrected chi connectivity index (χ1v) is 11.1. The second-order valence-corrected chi connectivity index (χ2v) is 8.28. The zero-order valence-corrected chi connectivity index (χ0v) is 18.0. The molecule has 0 bridgehead atoms. The molecule has 31 heavy (non-hydrogen) atoms. The summed E-state index contributed by atoms with van der Waals surface area (Å²) >= 11 is 1.49. The van der Waals surface area contributed by atoms with Crippen LogP contribution in [0.25, 0.3) is 10.8 Å². The van der Waals surface area contributed by atoms with Crippen molar-refractivity contribution >= 4 is 34.1 Å². The van der Waals surface area contributed by atoms with Crippen molar-refractivity contribution in [3.05, 3.63) is 100.0 Å². The maximum absolute atomic E-state index is 12.5. The number of nitrogens with zero attached hydrogens (tertiary/aromatic N) is 1. The smallest absolute Gasteiger partial charge is 0.254 e. The first-order chi connectivity index (χ1) is 15.1. The molecule has 1 amide bonds. The lowest BCUT2D eigenvalue weighted by molar-refractivity contribution is -0.116. The number of hydrogen-bond donors (Lipinski definition) is 2. The summed E-state index contributed by atoms with van der Waals surface area (Å²) in [6.45, 7) is 1.82. The number of fused-ring (bicyclic) bond motifs is 1. The summed E-state index contributed by atoms with van der Waals surface area (Å²) in [6.07, 6.45) is 0.562. The van der Waals surface area contributed by atoms with E-state index in [9.17, 15) is 9.59 Å². The lowest BCUT2D eigenvalue weighted by atomic mass is 10.1. The number of thioether (sulfide) groups is 1. The fourth-order valence-electron chi connectivity index (χ4n) is 3.40. The number of carbonyl (C=O) groups is 1. The van der Waals surface area contributed by atoms with Crippen LogP contribution in [0.4, 0.5) is 5.69 Å². The second kappa shape index (κ2) is 9.62. The summed E-state index contributed by atoms with van der Waals surface area (Å²) in [5, 5.41) is 5.70. The number of nitrogens with one attached hydrogen (secondary N) is 2. The number of aromatic amines is 1. The molecule has 3 aromatic carbocycles. The van der Waals surface area contributed by atoms with E-state index < -0.39 is 0 Å². The van der Waals surface area contributed by atoms with Gasteiger partial charge in [-0.3, -0.25) is 9.59 Å². The van der Waals surface area contributed by atoms with E-state index in [-0.39, 0.29) is 17.9 Å². The number of H-pyrrole nitrogens is 1. The van der Waals surface area contributed by atoms with Gasteiger partial charge in [0.05, 0.1) is 0 Å². The van der Waals surface area contributed by atoms with Gasteiger partial charge in [0, 0.05) is 29.1 Å². The first kappa shape index (κ1) is 20.9. The van der Waals surface area contributed by atoms with Crippen LogP contribution in [0.15, 0.2) is 82.7 Å². The molecule has 0 fully saturated rings. The summed E-state index contributed by atoms with van der Waals surface area (Å²) in [5.41, 5.74) is 2.96. The van der Waals surface area contributed by atoms with E-state index in [4.69, 9.17) is 0 Å². The SMILES string of the molecule is Cc1nc(SCc2ccccc2)[nH]c(=O)c1CCC(=O)Nc1ccc2ccccc2c1. The predicted molar refractivity (Wildman–Crippen MR) is 126 cm³/mol. The fourth-order valence-corrected chi connectivity index (χ4v) is 4.26. The Morgan fingerprint density at radius 1 is 1.00 bits per heavy atom. The molecule has 0 saturated heterocycles. The minimum absolute atomic E-state index is 0.128. The van der Waals surface area contributed by atoms with Crippen LogP contribution in [-0.2, 0) is 17.0 Å². The van der Waals surface area contributed by atoms with Gasteiger partial charge >= 0.3 is 0 Å². The highest BCUT2D eigenvalue weighted by atomic mass is 32.2. The van der Waals surface area contributed by atoms with Crippen molar-refractivity contribution in [2.45, 2.75) is 30.7 Å². The van der Waals surface area contributed by atoms with E-state index in [1.165, 1.54) is 17.3 Å². The molecule has 6 heteroatoms. The van der Waals surface area contributed by atoms with Gasteiger partial charge in [0.2, 0.25) is 5.91 Å². The van der Waals surface area contributed by atoms with Gasteiger partial charge in [0.15, 0.2) is 5.16 Å². The number of amides is 1. The van der Waals surface area contributed by atoms with Crippen LogP contribution in [0.3, 0.4) is 0 Å². The Morgan fingerprint density at radius 2 is 1.74 bits per heavy atom. The minimum Gasteiger partial charge on any atom is -0.326 e. The summed E-state index contributed by atoms with van der Waals surface area (Å²) in [6, 6.07) is 23.9. The topological polar surface area (TPSA) is 74.8 Å². The minimum atomic E-state index is -0.179. The molecule has 1 heterocycles. The van der Waals surface area contributed by atoms with Gasteiger partial charge in [0.25, 0.3) is 5.56 Å². The average Bonchev–Trinajstić information content (AvgIpc) is 2.78. The molecule has 0 spiro atoms. The molecule has 0 aliphatic rings. The Kier molecular flexibility index (Phi) is 6.48. The molecule has 0 saturated carbocycles. The fraction of sp³-hybridized carbons (Fsp3) is 0.160. The summed E-state index contributed by atoms with van der Waals surface area (Å²) in [7, 11) is 0. The van der Waals surface area contributed by atoms with E-state index >= 15 is 0 Å². The number of benzene rings is 3. The van der Waals surface area contributed by atoms with Crippen LogP contribution in [0.5, 0.6) is 0 Å². The largest absolute Gasteiger partial charge is 0.326 e. The van der Waals surface area contributed by atoms with Gasteiger partial charge in [-0.2, -0.15) is 0 Å². The lowest BCUT2D eigenvalue weighted by Gasteiger charge is -2.09. The number of carbonyl (C=O) groups excluding carboxylic acids is 1. The Bertz CT molecular complexity index is 1270. The Morgan fingerprint density at radius 3 is 2.52 bits per heavy atom. The van der Waals surface area contributed by atoms with E-state index in [0.29, 0.717) is 22.8 Å². The van der Waals surface area contributed by atoms with E-state index in [1.807, 2.05) is 79.7 Å².